The molecular formula is C21H20BrClN2O2. The molecule has 1 N–H and O–H groups in total. The summed E-state index contributed by atoms with van der Waals surface area (Å²) in [7, 11) is 1.65. The summed E-state index contributed by atoms with van der Waals surface area (Å²) in [5.74, 6) is 1.39. The van der Waals surface area contributed by atoms with Gasteiger partial charge >= 0.3 is 0 Å². The summed E-state index contributed by atoms with van der Waals surface area (Å²) in [5, 5.41) is 4.14. The zero-order valence-electron chi connectivity index (χ0n) is 14.9. The molecule has 4 nitrogen and oxygen atoms in total. The summed E-state index contributed by atoms with van der Waals surface area (Å²) in [6.07, 6.45) is 3.59. The molecule has 27 heavy (non-hydrogen) atoms. The van der Waals surface area contributed by atoms with Crippen LogP contribution in [0, 0.1) is 0 Å². The smallest absolute Gasteiger partial charge is 0.162 e. The number of hydrogen-bond donors (Lipinski definition) is 1. The van der Waals surface area contributed by atoms with Crippen LogP contribution in [0.5, 0.6) is 11.5 Å². The monoisotopic (exact) mass is 446 g/mol. The quantitative estimate of drug-likeness (QED) is 0.504. The molecule has 3 aromatic rings. The molecule has 0 saturated carbocycles. The first kappa shape index (κ1) is 19.7. The molecule has 0 atom stereocenters. The molecule has 0 amide bonds. The fourth-order valence-corrected chi connectivity index (χ4v) is 3.16. The number of pyridine rings is 1. The van der Waals surface area contributed by atoms with Gasteiger partial charge in [0.05, 0.1) is 7.11 Å². The Hall–Kier alpha value is -2.08. The third-order valence-electron chi connectivity index (χ3n) is 4.03. The number of halogens is 2. The minimum atomic E-state index is 0.444. The van der Waals surface area contributed by atoms with E-state index < -0.39 is 0 Å². The van der Waals surface area contributed by atoms with Crippen molar-refractivity contribution in [1.82, 2.24) is 10.3 Å². The number of benzene rings is 2. The van der Waals surface area contributed by atoms with Gasteiger partial charge in [0.1, 0.15) is 6.61 Å². The first-order valence-electron chi connectivity index (χ1n) is 8.49. The standard InChI is InChI=1S/C21H20BrClN2O2/c1-26-20-10-17(13-25-12-15-6-8-24-9-7-15)19(22)11-21(20)27-14-16-2-4-18(23)5-3-16/h2-11,25H,12-14H2,1H3. The maximum absolute atomic E-state index is 5.94. The van der Waals surface area contributed by atoms with Crippen molar-refractivity contribution in [2.45, 2.75) is 19.7 Å². The van der Waals surface area contributed by atoms with Gasteiger partial charge in [-0.05, 0) is 53.1 Å². The summed E-state index contributed by atoms with van der Waals surface area (Å²) < 4.78 is 12.4. The van der Waals surface area contributed by atoms with Gasteiger partial charge in [-0.2, -0.15) is 0 Å². The number of ether oxygens (including phenoxy) is 2. The van der Waals surface area contributed by atoms with E-state index in [2.05, 4.69) is 26.2 Å². The van der Waals surface area contributed by atoms with Crippen molar-refractivity contribution in [1.29, 1.82) is 0 Å². The molecule has 0 aliphatic heterocycles. The van der Waals surface area contributed by atoms with Crippen LogP contribution in [0.4, 0.5) is 0 Å². The molecule has 0 aliphatic carbocycles. The van der Waals surface area contributed by atoms with E-state index in [1.165, 1.54) is 5.56 Å². The van der Waals surface area contributed by atoms with Crippen molar-refractivity contribution in [3.63, 3.8) is 0 Å². The average Bonchev–Trinajstić information content (AvgIpc) is 2.69. The number of nitrogens with one attached hydrogen (secondary N) is 1. The highest BCUT2D eigenvalue weighted by molar-refractivity contribution is 9.10. The lowest BCUT2D eigenvalue weighted by atomic mass is 10.2. The van der Waals surface area contributed by atoms with Crippen LogP contribution in [0.1, 0.15) is 16.7 Å². The number of hydrogen-bond acceptors (Lipinski definition) is 4. The molecular weight excluding hydrogens is 428 g/mol. The van der Waals surface area contributed by atoms with Gasteiger partial charge in [-0.15, -0.1) is 0 Å². The normalized spacial score (nSPS) is 10.6. The topological polar surface area (TPSA) is 43.4 Å². The van der Waals surface area contributed by atoms with Crippen molar-refractivity contribution in [2.75, 3.05) is 7.11 Å². The maximum Gasteiger partial charge on any atom is 0.162 e. The Labute approximate surface area is 172 Å². The Morgan fingerprint density at radius 2 is 1.70 bits per heavy atom. The van der Waals surface area contributed by atoms with Crippen LogP contribution < -0.4 is 14.8 Å². The van der Waals surface area contributed by atoms with Gasteiger partial charge in [-0.3, -0.25) is 4.98 Å². The summed E-state index contributed by atoms with van der Waals surface area (Å²) in [6, 6.07) is 15.5. The third kappa shape index (κ3) is 5.70. The highest BCUT2D eigenvalue weighted by Crippen LogP contribution is 2.34. The number of aromatic nitrogens is 1. The second kappa shape index (κ2) is 9.74. The van der Waals surface area contributed by atoms with E-state index in [1.54, 1.807) is 19.5 Å². The van der Waals surface area contributed by atoms with E-state index in [1.807, 2.05) is 48.5 Å². The fraction of sp³-hybridized carbons (Fsp3) is 0.190. The fourth-order valence-electron chi connectivity index (χ4n) is 2.57. The maximum atomic E-state index is 5.94. The molecule has 6 heteroatoms. The Balaban J connectivity index is 1.64. The Morgan fingerprint density at radius 1 is 0.963 bits per heavy atom. The molecule has 0 unspecified atom stereocenters. The first-order chi connectivity index (χ1) is 13.2. The van der Waals surface area contributed by atoms with Gasteiger partial charge in [-0.1, -0.05) is 39.7 Å². The van der Waals surface area contributed by atoms with Crippen molar-refractivity contribution < 1.29 is 9.47 Å². The van der Waals surface area contributed by atoms with Gasteiger partial charge in [0.25, 0.3) is 0 Å². The zero-order valence-corrected chi connectivity index (χ0v) is 17.3. The molecule has 3 rings (SSSR count). The van der Waals surface area contributed by atoms with Crippen LogP contribution in [0.2, 0.25) is 5.02 Å². The van der Waals surface area contributed by atoms with Crippen molar-refractivity contribution >= 4 is 27.5 Å². The molecule has 0 radical (unpaired) electrons. The van der Waals surface area contributed by atoms with Gasteiger partial charge < -0.3 is 14.8 Å². The van der Waals surface area contributed by atoms with Crippen LogP contribution in [0.15, 0.2) is 65.4 Å². The van der Waals surface area contributed by atoms with Crippen LogP contribution in [0.25, 0.3) is 0 Å². The van der Waals surface area contributed by atoms with Crippen LogP contribution in [-0.4, -0.2) is 12.1 Å². The van der Waals surface area contributed by atoms with Crippen LogP contribution >= 0.6 is 27.5 Å². The van der Waals surface area contributed by atoms with Gasteiger partial charge in [0.2, 0.25) is 0 Å². The van der Waals surface area contributed by atoms with Gasteiger partial charge in [0, 0.05) is 35.0 Å². The van der Waals surface area contributed by atoms with E-state index in [0.29, 0.717) is 29.7 Å². The Morgan fingerprint density at radius 3 is 2.41 bits per heavy atom. The zero-order chi connectivity index (χ0) is 19.1. The van der Waals surface area contributed by atoms with Crippen LogP contribution in [-0.2, 0) is 19.7 Å². The summed E-state index contributed by atoms with van der Waals surface area (Å²) >= 11 is 9.55. The summed E-state index contributed by atoms with van der Waals surface area (Å²) in [4.78, 5) is 4.03. The lowest BCUT2D eigenvalue weighted by molar-refractivity contribution is 0.284. The van der Waals surface area contributed by atoms with E-state index in [4.69, 9.17) is 21.1 Å². The Bertz CT molecular complexity index is 873. The highest BCUT2D eigenvalue weighted by Gasteiger charge is 2.11. The molecule has 1 aromatic heterocycles. The molecule has 140 valence electrons. The van der Waals surface area contributed by atoms with E-state index in [-0.39, 0.29) is 0 Å². The Kier molecular flexibility index (Phi) is 7.10. The molecule has 0 spiro atoms. The molecule has 0 aliphatic rings. The van der Waals surface area contributed by atoms with Crippen molar-refractivity contribution in [3.8, 4) is 11.5 Å². The molecule has 1 heterocycles. The van der Waals surface area contributed by atoms with Crippen molar-refractivity contribution in [2.24, 2.45) is 0 Å². The lowest BCUT2D eigenvalue weighted by Gasteiger charge is -2.14. The number of rotatable bonds is 8. The number of nitrogens with zero attached hydrogens (tertiary/aromatic N) is 1. The van der Waals surface area contributed by atoms with Gasteiger partial charge in [0.15, 0.2) is 11.5 Å². The van der Waals surface area contributed by atoms with E-state index >= 15 is 0 Å². The van der Waals surface area contributed by atoms with Crippen LogP contribution in [0.3, 0.4) is 0 Å². The predicted octanol–water partition coefficient (Wildman–Crippen LogP) is 5.37. The minimum absolute atomic E-state index is 0.444. The van der Waals surface area contributed by atoms with E-state index in [9.17, 15) is 0 Å². The van der Waals surface area contributed by atoms with Gasteiger partial charge in [-0.25, -0.2) is 0 Å². The molecule has 0 fully saturated rings. The molecule has 2 aromatic carbocycles. The summed E-state index contributed by atoms with van der Waals surface area (Å²) in [6.45, 7) is 1.92. The first-order valence-corrected chi connectivity index (χ1v) is 9.66. The largest absolute Gasteiger partial charge is 0.493 e. The second-order valence-corrected chi connectivity index (χ2v) is 7.26. The second-order valence-electron chi connectivity index (χ2n) is 5.97. The SMILES string of the molecule is COc1cc(CNCc2ccncc2)c(Br)cc1OCc1ccc(Cl)cc1. The summed E-state index contributed by atoms with van der Waals surface area (Å²) in [5.41, 5.74) is 3.33. The highest BCUT2D eigenvalue weighted by atomic mass is 79.9. The average molecular weight is 448 g/mol. The molecule has 0 bridgehead atoms. The lowest BCUT2D eigenvalue weighted by Crippen LogP contribution is -2.13. The number of methoxy groups -OCH3 is 1. The van der Waals surface area contributed by atoms with E-state index in [0.717, 1.165) is 22.1 Å². The molecule has 0 saturated heterocycles. The minimum Gasteiger partial charge on any atom is -0.493 e. The van der Waals surface area contributed by atoms with Crippen molar-refractivity contribution in [3.05, 3.63) is 87.1 Å². The predicted molar refractivity (Wildman–Crippen MR) is 111 cm³/mol. The third-order valence-corrected chi connectivity index (χ3v) is 5.02.